The number of benzene rings is 2. The van der Waals surface area contributed by atoms with Gasteiger partial charge in [-0.2, -0.15) is 0 Å². The zero-order valence-electron chi connectivity index (χ0n) is 11.5. The van der Waals surface area contributed by atoms with Crippen LogP contribution in [-0.2, 0) is 9.53 Å². The Morgan fingerprint density at radius 3 is 2.68 bits per heavy atom. The molecule has 0 spiro atoms. The van der Waals surface area contributed by atoms with Gasteiger partial charge >= 0.3 is 5.97 Å². The van der Waals surface area contributed by atoms with Gasteiger partial charge in [-0.3, -0.25) is 0 Å². The van der Waals surface area contributed by atoms with Crippen LogP contribution in [0.4, 0.5) is 0 Å². The summed E-state index contributed by atoms with van der Waals surface area (Å²) in [5.74, 6) is 1.10. The van der Waals surface area contributed by atoms with E-state index in [2.05, 4.69) is 4.99 Å². The van der Waals surface area contributed by atoms with Crippen molar-refractivity contribution in [2.24, 2.45) is 4.99 Å². The minimum absolute atomic E-state index is 0.199. The van der Waals surface area contributed by atoms with Gasteiger partial charge < -0.3 is 14.2 Å². The number of carbonyl (C=O) groups is 1. The molecule has 0 atom stereocenters. The van der Waals surface area contributed by atoms with E-state index in [0.717, 1.165) is 5.56 Å². The monoisotopic (exact) mass is 293 g/mol. The van der Waals surface area contributed by atoms with E-state index in [0.29, 0.717) is 17.1 Å². The van der Waals surface area contributed by atoms with E-state index < -0.39 is 5.97 Å². The van der Waals surface area contributed by atoms with Gasteiger partial charge in [0.25, 0.3) is 0 Å². The first-order valence-electron chi connectivity index (χ1n) is 6.77. The molecule has 2 heterocycles. The number of nitrogens with zero attached hydrogens (tertiary/aromatic N) is 1. The van der Waals surface area contributed by atoms with Crippen LogP contribution < -0.4 is 9.47 Å². The van der Waals surface area contributed by atoms with Crippen LogP contribution in [0.3, 0.4) is 0 Å². The lowest BCUT2D eigenvalue weighted by atomic mass is 10.2. The Hall–Kier alpha value is -3.08. The first-order chi connectivity index (χ1) is 10.8. The highest BCUT2D eigenvalue weighted by Crippen LogP contribution is 2.33. The standard InChI is InChI=1S/C17H11NO4/c19-17-13(8-11-4-2-1-3-5-11)18-16(22-17)12-6-7-14-15(9-12)21-10-20-14/h1-9H,10H2. The van der Waals surface area contributed by atoms with Crippen molar-refractivity contribution in [1.29, 1.82) is 0 Å². The minimum atomic E-state index is -0.462. The van der Waals surface area contributed by atoms with E-state index in [4.69, 9.17) is 14.2 Å². The molecular formula is C17H11NO4. The second kappa shape index (κ2) is 5.04. The zero-order chi connectivity index (χ0) is 14.9. The number of hydrogen-bond acceptors (Lipinski definition) is 5. The van der Waals surface area contributed by atoms with Crippen LogP contribution in [0.1, 0.15) is 11.1 Å². The van der Waals surface area contributed by atoms with Crippen LogP contribution in [-0.4, -0.2) is 18.7 Å². The number of ether oxygens (including phenoxy) is 3. The summed E-state index contributed by atoms with van der Waals surface area (Å²) in [5.41, 5.74) is 1.85. The number of rotatable bonds is 2. The molecule has 0 fully saturated rings. The van der Waals surface area contributed by atoms with Gasteiger partial charge in [-0.15, -0.1) is 0 Å². The summed E-state index contributed by atoms with van der Waals surface area (Å²) in [6.07, 6.45) is 1.70. The highest BCUT2D eigenvalue weighted by molar-refractivity contribution is 6.13. The number of esters is 1. The molecule has 5 nitrogen and oxygen atoms in total. The highest BCUT2D eigenvalue weighted by atomic mass is 16.7. The Labute approximate surface area is 126 Å². The fourth-order valence-electron chi connectivity index (χ4n) is 2.27. The maximum Gasteiger partial charge on any atom is 0.363 e. The van der Waals surface area contributed by atoms with Crippen molar-refractivity contribution >= 4 is 17.9 Å². The SMILES string of the molecule is O=C1OC(c2ccc3c(c2)OCO3)=NC1=Cc1ccccc1. The molecule has 5 heteroatoms. The maximum atomic E-state index is 11.9. The molecule has 2 aromatic rings. The predicted molar refractivity (Wildman–Crippen MR) is 79.6 cm³/mol. The van der Waals surface area contributed by atoms with E-state index in [1.165, 1.54) is 0 Å². The van der Waals surface area contributed by atoms with Crippen molar-refractivity contribution in [3.8, 4) is 11.5 Å². The summed E-state index contributed by atoms with van der Waals surface area (Å²) in [4.78, 5) is 16.2. The molecule has 0 aromatic heterocycles. The molecule has 2 aliphatic rings. The first-order valence-corrected chi connectivity index (χ1v) is 6.77. The van der Waals surface area contributed by atoms with Gasteiger partial charge in [0.15, 0.2) is 17.2 Å². The first kappa shape index (κ1) is 12.6. The number of fused-ring (bicyclic) bond motifs is 1. The lowest BCUT2D eigenvalue weighted by Crippen LogP contribution is -2.05. The van der Waals surface area contributed by atoms with Crippen molar-refractivity contribution in [1.82, 2.24) is 0 Å². The van der Waals surface area contributed by atoms with Crippen molar-refractivity contribution < 1.29 is 19.0 Å². The lowest BCUT2D eigenvalue weighted by Gasteiger charge is -2.01. The van der Waals surface area contributed by atoms with Crippen LogP contribution in [0, 0.1) is 0 Å². The molecule has 0 unspecified atom stereocenters. The number of carbonyl (C=O) groups excluding carboxylic acids is 1. The van der Waals surface area contributed by atoms with Gasteiger partial charge in [-0.25, -0.2) is 9.79 Å². The number of hydrogen-bond donors (Lipinski definition) is 0. The summed E-state index contributed by atoms with van der Waals surface area (Å²) >= 11 is 0. The summed E-state index contributed by atoms with van der Waals surface area (Å²) in [5, 5.41) is 0. The fraction of sp³-hybridized carbons (Fsp3) is 0.0588. The Morgan fingerprint density at radius 2 is 1.82 bits per heavy atom. The maximum absolute atomic E-state index is 11.9. The van der Waals surface area contributed by atoms with Gasteiger partial charge in [0, 0.05) is 5.56 Å². The molecule has 0 saturated carbocycles. The van der Waals surface area contributed by atoms with Gasteiger partial charge in [0.2, 0.25) is 12.7 Å². The summed E-state index contributed by atoms with van der Waals surface area (Å²) < 4.78 is 15.8. The molecule has 0 bridgehead atoms. The van der Waals surface area contributed by atoms with E-state index in [-0.39, 0.29) is 18.4 Å². The fourth-order valence-corrected chi connectivity index (χ4v) is 2.27. The van der Waals surface area contributed by atoms with E-state index in [1.54, 1.807) is 24.3 Å². The largest absolute Gasteiger partial charge is 0.454 e. The van der Waals surface area contributed by atoms with Gasteiger partial charge in [-0.05, 0) is 29.8 Å². The lowest BCUT2D eigenvalue weighted by molar-refractivity contribution is -0.129. The second-order valence-electron chi connectivity index (χ2n) is 4.81. The molecule has 0 radical (unpaired) electrons. The Balaban J connectivity index is 1.68. The molecule has 0 amide bonds. The summed E-state index contributed by atoms with van der Waals surface area (Å²) in [6.45, 7) is 0.199. The van der Waals surface area contributed by atoms with Gasteiger partial charge in [0.05, 0.1) is 0 Å². The molecule has 0 saturated heterocycles. The summed E-state index contributed by atoms with van der Waals surface area (Å²) in [7, 11) is 0. The zero-order valence-corrected chi connectivity index (χ0v) is 11.5. The summed E-state index contributed by atoms with van der Waals surface area (Å²) in [6, 6.07) is 14.8. The van der Waals surface area contributed by atoms with Crippen molar-refractivity contribution in [3.63, 3.8) is 0 Å². The van der Waals surface area contributed by atoms with E-state index in [9.17, 15) is 4.79 Å². The highest BCUT2D eigenvalue weighted by Gasteiger charge is 2.25. The van der Waals surface area contributed by atoms with Gasteiger partial charge in [-0.1, -0.05) is 30.3 Å². The Bertz CT molecular complexity index is 809. The predicted octanol–water partition coefficient (Wildman–Crippen LogP) is 2.76. The average Bonchev–Trinajstić information content (AvgIpc) is 3.15. The van der Waals surface area contributed by atoms with Crippen LogP contribution in [0.5, 0.6) is 11.5 Å². The third kappa shape index (κ3) is 2.22. The Kier molecular flexibility index (Phi) is 2.89. The van der Waals surface area contributed by atoms with Crippen LogP contribution >= 0.6 is 0 Å². The molecule has 22 heavy (non-hydrogen) atoms. The third-order valence-corrected chi connectivity index (χ3v) is 3.34. The molecular weight excluding hydrogens is 282 g/mol. The second-order valence-corrected chi connectivity index (χ2v) is 4.81. The molecule has 2 aromatic carbocycles. The molecule has 0 N–H and O–H groups in total. The molecule has 2 aliphatic heterocycles. The quantitative estimate of drug-likeness (QED) is 0.631. The number of aliphatic imine (C=N–C) groups is 1. The third-order valence-electron chi connectivity index (χ3n) is 3.34. The minimum Gasteiger partial charge on any atom is -0.454 e. The van der Waals surface area contributed by atoms with E-state index in [1.807, 2.05) is 30.3 Å². The molecule has 4 rings (SSSR count). The van der Waals surface area contributed by atoms with Crippen LogP contribution in [0.25, 0.3) is 6.08 Å². The molecule has 108 valence electrons. The van der Waals surface area contributed by atoms with E-state index >= 15 is 0 Å². The van der Waals surface area contributed by atoms with Crippen molar-refractivity contribution in [3.05, 3.63) is 65.4 Å². The molecule has 0 aliphatic carbocycles. The topological polar surface area (TPSA) is 57.1 Å². The van der Waals surface area contributed by atoms with Crippen molar-refractivity contribution in [2.75, 3.05) is 6.79 Å². The van der Waals surface area contributed by atoms with Crippen LogP contribution in [0.15, 0.2) is 59.2 Å². The van der Waals surface area contributed by atoms with Crippen molar-refractivity contribution in [2.45, 2.75) is 0 Å². The normalized spacial score (nSPS) is 17.5. The number of cyclic esters (lactones) is 1. The van der Waals surface area contributed by atoms with Crippen LogP contribution in [0.2, 0.25) is 0 Å². The smallest absolute Gasteiger partial charge is 0.363 e. The Morgan fingerprint density at radius 1 is 1.00 bits per heavy atom. The van der Waals surface area contributed by atoms with Gasteiger partial charge in [0.1, 0.15) is 0 Å². The average molecular weight is 293 g/mol.